The van der Waals surface area contributed by atoms with Crippen molar-refractivity contribution in [1.82, 2.24) is 0 Å². The zero-order valence-electron chi connectivity index (χ0n) is 9.49. The molecule has 2 atom stereocenters. The van der Waals surface area contributed by atoms with Crippen molar-refractivity contribution >= 4 is 5.97 Å². The van der Waals surface area contributed by atoms with Gasteiger partial charge in [-0.05, 0) is 33.1 Å². The highest BCUT2D eigenvalue weighted by atomic mass is 16.6. The standard InChI is InChI=1S/C11H20O4/c1-3-14-9-7-5-6-8-11(9,10(12)13)15-4-2/h9H,3-8H2,1-2H3,(H,12,13). The van der Waals surface area contributed by atoms with E-state index in [2.05, 4.69) is 0 Å². The lowest BCUT2D eigenvalue weighted by molar-refractivity contribution is -0.196. The molecule has 0 aromatic carbocycles. The Bertz CT molecular complexity index is 211. The lowest BCUT2D eigenvalue weighted by Crippen LogP contribution is -2.54. The molecule has 0 radical (unpaired) electrons. The van der Waals surface area contributed by atoms with Gasteiger partial charge >= 0.3 is 5.97 Å². The summed E-state index contributed by atoms with van der Waals surface area (Å²) < 4.78 is 11.0. The summed E-state index contributed by atoms with van der Waals surface area (Å²) in [6, 6.07) is 0. The van der Waals surface area contributed by atoms with E-state index in [1.807, 2.05) is 13.8 Å². The highest BCUT2D eigenvalue weighted by Gasteiger charge is 2.49. The van der Waals surface area contributed by atoms with Crippen LogP contribution in [0.5, 0.6) is 0 Å². The topological polar surface area (TPSA) is 55.8 Å². The van der Waals surface area contributed by atoms with Crippen LogP contribution in [0.1, 0.15) is 39.5 Å². The summed E-state index contributed by atoms with van der Waals surface area (Å²) in [5.41, 5.74) is -1.11. The predicted octanol–water partition coefficient (Wildman–Crippen LogP) is 1.83. The van der Waals surface area contributed by atoms with E-state index in [1.54, 1.807) is 0 Å². The van der Waals surface area contributed by atoms with Gasteiger partial charge in [-0.3, -0.25) is 0 Å². The maximum atomic E-state index is 11.3. The molecule has 88 valence electrons. The molecule has 1 N–H and O–H groups in total. The monoisotopic (exact) mass is 216 g/mol. The molecular formula is C11H20O4. The molecule has 1 aliphatic carbocycles. The number of carboxylic acids is 1. The molecule has 1 saturated carbocycles. The van der Waals surface area contributed by atoms with Crippen LogP contribution in [0, 0.1) is 0 Å². The zero-order valence-corrected chi connectivity index (χ0v) is 9.49. The van der Waals surface area contributed by atoms with E-state index in [1.165, 1.54) is 0 Å². The highest BCUT2D eigenvalue weighted by molar-refractivity contribution is 5.78. The number of aliphatic carboxylic acids is 1. The summed E-state index contributed by atoms with van der Waals surface area (Å²) >= 11 is 0. The third-order valence-electron chi connectivity index (χ3n) is 2.92. The fourth-order valence-corrected chi connectivity index (χ4v) is 2.26. The molecule has 2 unspecified atom stereocenters. The second kappa shape index (κ2) is 5.47. The number of carbonyl (C=O) groups is 1. The second-order valence-corrected chi connectivity index (χ2v) is 3.82. The molecule has 1 rings (SSSR count). The number of hydrogen-bond donors (Lipinski definition) is 1. The van der Waals surface area contributed by atoms with Gasteiger partial charge in [0, 0.05) is 13.2 Å². The van der Waals surface area contributed by atoms with Crippen molar-refractivity contribution in [3.05, 3.63) is 0 Å². The maximum absolute atomic E-state index is 11.3. The largest absolute Gasteiger partial charge is 0.479 e. The first-order valence-corrected chi connectivity index (χ1v) is 5.66. The van der Waals surface area contributed by atoms with Crippen LogP contribution in [0.3, 0.4) is 0 Å². The molecule has 0 aromatic rings. The molecular weight excluding hydrogens is 196 g/mol. The van der Waals surface area contributed by atoms with Gasteiger partial charge in [0.05, 0.1) is 6.10 Å². The van der Waals surface area contributed by atoms with E-state index in [-0.39, 0.29) is 6.10 Å². The minimum Gasteiger partial charge on any atom is -0.479 e. The first kappa shape index (κ1) is 12.5. The fourth-order valence-electron chi connectivity index (χ4n) is 2.26. The molecule has 1 aliphatic rings. The summed E-state index contributed by atoms with van der Waals surface area (Å²) in [5, 5.41) is 9.31. The normalized spacial score (nSPS) is 31.5. The lowest BCUT2D eigenvalue weighted by Gasteiger charge is -2.39. The Balaban J connectivity index is 2.83. The summed E-state index contributed by atoms with van der Waals surface area (Å²) in [7, 11) is 0. The van der Waals surface area contributed by atoms with E-state index in [9.17, 15) is 9.90 Å². The highest BCUT2D eigenvalue weighted by Crippen LogP contribution is 2.34. The first-order chi connectivity index (χ1) is 7.17. The van der Waals surface area contributed by atoms with Crippen molar-refractivity contribution in [2.24, 2.45) is 0 Å². The van der Waals surface area contributed by atoms with E-state index in [4.69, 9.17) is 9.47 Å². The van der Waals surface area contributed by atoms with E-state index < -0.39 is 11.6 Å². The average Bonchev–Trinajstić information content (AvgIpc) is 2.21. The molecule has 0 aromatic heterocycles. The van der Waals surface area contributed by atoms with Gasteiger partial charge in [-0.2, -0.15) is 0 Å². The molecule has 0 spiro atoms. The molecule has 0 saturated heterocycles. The number of ether oxygens (including phenoxy) is 2. The SMILES string of the molecule is CCOC1CCCCC1(OCC)C(=O)O. The first-order valence-electron chi connectivity index (χ1n) is 5.66. The molecule has 15 heavy (non-hydrogen) atoms. The Kier molecular flexibility index (Phi) is 4.54. The Hall–Kier alpha value is -0.610. The summed E-state index contributed by atoms with van der Waals surface area (Å²) in [5.74, 6) is -0.887. The van der Waals surface area contributed by atoms with Gasteiger partial charge in [-0.1, -0.05) is 6.42 Å². The lowest BCUT2D eigenvalue weighted by atomic mass is 9.81. The minimum absolute atomic E-state index is 0.298. The molecule has 4 nitrogen and oxygen atoms in total. The Morgan fingerprint density at radius 2 is 2.13 bits per heavy atom. The Morgan fingerprint density at radius 1 is 1.40 bits per heavy atom. The Morgan fingerprint density at radius 3 is 2.67 bits per heavy atom. The van der Waals surface area contributed by atoms with Crippen LogP contribution < -0.4 is 0 Å². The third kappa shape index (κ3) is 2.49. The van der Waals surface area contributed by atoms with Gasteiger partial charge in [0.25, 0.3) is 0 Å². The summed E-state index contributed by atoms with van der Waals surface area (Å²) in [6.07, 6.45) is 2.96. The fraction of sp³-hybridized carbons (Fsp3) is 0.909. The summed E-state index contributed by atoms with van der Waals surface area (Å²) in [4.78, 5) is 11.3. The predicted molar refractivity (Wildman–Crippen MR) is 55.9 cm³/mol. The number of carboxylic acid groups (broad SMARTS) is 1. The van der Waals surface area contributed by atoms with E-state index >= 15 is 0 Å². The van der Waals surface area contributed by atoms with Crippen LogP contribution in [0.25, 0.3) is 0 Å². The van der Waals surface area contributed by atoms with Crippen molar-refractivity contribution in [1.29, 1.82) is 0 Å². The average molecular weight is 216 g/mol. The molecule has 0 aliphatic heterocycles. The van der Waals surface area contributed by atoms with E-state index in [0.717, 1.165) is 19.3 Å². The van der Waals surface area contributed by atoms with Gasteiger partial charge in [-0.25, -0.2) is 4.79 Å². The number of rotatable bonds is 5. The van der Waals surface area contributed by atoms with E-state index in [0.29, 0.717) is 19.6 Å². The zero-order chi connectivity index (χ0) is 11.3. The maximum Gasteiger partial charge on any atom is 0.338 e. The summed E-state index contributed by atoms with van der Waals surface area (Å²) in [6.45, 7) is 4.65. The van der Waals surface area contributed by atoms with Crippen molar-refractivity contribution in [3.8, 4) is 0 Å². The van der Waals surface area contributed by atoms with Crippen molar-refractivity contribution in [2.45, 2.75) is 51.2 Å². The van der Waals surface area contributed by atoms with Crippen LogP contribution in [-0.2, 0) is 14.3 Å². The smallest absolute Gasteiger partial charge is 0.338 e. The van der Waals surface area contributed by atoms with Crippen molar-refractivity contribution in [3.63, 3.8) is 0 Å². The Labute approximate surface area is 90.6 Å². The molecule has 1 fully saturated rings. The minimum atomic E-state index is -1.11. The molecule has 4 heteroatoms. The van der Waals surface area contributed by atoms with Gasteiger partial charge in [-0.15, -0.1) is 0 Å². The third-order valence-corrected chi connectivity index (χ3v) is 2.92. The van der Waals surface area contributed by atoms with Crippen molar-refractivity contribution in [2.75, 3.05) is 13.2 Å². The molecule has 0 amide bonds. The van der Waals surface area contributed by atoms with Gasteiger partial charge < -0.3 is 14.6 Å². The molecule has 0 heterocycles. The van der Waals surface area contributed by atoms with Gasteiger partial charge in [0.2, 0.25) is 0 Å². The van der Waals surface area contributed by atoms with Gasteiger partial charge in [0.1, 0.15) is 0 Å². The van der Waals surface area contributed by atoms with Crippen LogP contribution in [0.4, 0.5) is 0 Å². The van der Waals surface area contributed by atoms with Gasteiger partial charge in [0.15, 0.2) is 5.60 Å². The van der Waals surface area contributed by atoms with Crippen LogP contribution in [0.2, 0.25) is 0 Å². The quantitative estimate of drug-likeness (QED) is 0.761. The van der Waals surface area contributed by atoms with Crippen LogP contribution >= 0.6 is 0 Å². The van der Waals surface area contributed by atoms with Crippen LogP contribution in [0.15, 0.2) is 0 Å². The van der Waals surface area contributed by atoms with Crippen LogP contribution in [-0.4, -0.2) is 36.0 Å². The van der Waals surface area contributed by atoms with Crippen molar-refractivity contribution < 1.29 is 19.4 Å². The molecule has 0 bridgehead atoms. The second-order valence-electron chi connectivity index (χ2n) is 3.82. The number of hydrogen-bond acceptors (Lipinski definition) is 3.